The minimum atomic E-state index is -0.378. The second kappa shape index (κ2) is 6.81. The predicted molar refractivity (Wildman–Crippen MR) is 96.3 cm³/mol. The summed E-state index contributed by atoms with van der Waals surface area (Å²) in [5.74, 6) is 0.0791. The van der Waals surface area contributed by atoms with Crippen LogP contribution >= 0.6 is 23.5 Å². The lowest BCUT2D eigenvalue weighted by Crippen LogP contribution is -2.48. The van der Waals surface area contributed by atoms with E-state index >= 15 is 0 Å². The van der Waals surface area contributed by atoms with Crippen LogP contribution in [-0.2, 0) is 4.79 Å². The summed E-state index contributed by atoms with van der Waals surface area (Å²) in [5.41, 5.74) is 0.528. The van der Waals surface area contributed by atoms with Gasteiger partial charge in [-0.15, -0.1) is 0 Å². The van der Waals surface area contributed by atoms with Gasteiger partial charge in [0.15, 0.2) is 0 Å². The van der Waals surface area contributed by atoms with Gasteiger partial charge in [-0.25, -0.2) is 0 Å². The number of nitrogens with one attached hydrogen (secondary N) is 2. The summed E-state index contributed by atoms with van der Waals surface area (Å²) in [6.07, 6.45) is 4.86. The smallest absolute Gasteiger partial charge is 0.230 e. The molecule has 22 heavy (non-hydrogen) atoms. The zero-order valence-electron chi connectivity index (χ0n) is 13.7. The number of anilines is 1. The lowest BCUT2D eigenvalue weighted by molar-refractivity contribution is -0.129. The molecule has 0 radical (unpaired) electrons. The lowest BCUT2D eigenvalue weighted by atomic mass is 9.62. The summed E-state index contributed by atoms with van der Waals surface area (Å²) in [4.78, 5) is 12.8. The Morgan fingerprint density at radius 3 is 2.68 bits per heavy atom. The number of amides is 1. The van der Waals surface area contributed by atoms with E-state index in [1.807, 2.05) is 18.4 Å². The average Bonchev–Trinajstić information content (AvgIpc) is 2.36. The van der Waals surface area contributed by atoms with Gasteiger partial charge in [0.05, 0.1) is 0 Å². The van der Waals surface area contributed by atoms with Crippen LogP contribution in [0.5, 0.6) is 0 Å². The van der Waals surface area contributed by atoms with Crippen LogP contribution in [0.3, 0.4) is 0 Å². The molecule has 2 rings (SSSR count). The molecule has 0 bridgehead atoms. The molecular formula is C17H25ClN2OS. The van der Waals surface area contributed by atoms with Crippen molar-refractivity contribution >= 4 is 35.1 Å². The third kappa shape index (κ3) is 4.40. The van der Waals surface area contributed by atoms with Crippen LogP contribution < -0.4 is 10.0 Å². The van der Waals surface area contributed by atoms with Gasteiger partial charge in [-0.2, -0.15) is 0 Å². The first kappa shape index (κ1) is 17.6. The van der Waals surface area contributed by atoms with Gasteiger partial charge in [0.1, 0.15) is 0 Å². The van der Waals surface area contributed by atoms with Crippen molar-refractivity contribution < 1.29 is 4.79 Å². The molecule has 1 aromatic rings. The molecule has 0 aromatic heterocycles. The van der Waals surface area contributed by atoms with E-state index in [9.17, 15) is 4.79 Å². The van der Waals surface area contributed by atoms with Crippen LogP contribution in [0.25, 0.3) is 0 Å². The molecule has 122 valence electrons. The highest BCUT2D eigenvalue weighted by atomic mass is 35.5. The number of carbonyl (C=O) groups is 1. The molecule has 0 aliphatic heterocycles. The molecule has 2 unspecified atom stereocenters. The Balaban J connectivity index is 2.15. The van der Waals surface area contributed by atoms with Crippen LogP contribution in [0, 0.1) is 10.8 Å². The summed E-state index contributed by atoms with van der Waals surface area (Å²) in [6.45, 7) is 6.56. The third-order valence-corrected chi connectivity index (χ3v) is 5.08. The molecule has 1 aliphatic carbocycles. The number of rotatable bonds is 4. The first-order valence-electron chi connectivity index (χ1n) is 7.60. The monoisotopic (exact) mass is 340 g/mol. The predicted octanol–water partition coefficient (Wildman–Crippen LogP) is 4.73. The van der Waals surface area contributed by atoms with Gasteiger partial charge < -0.3 is 5.32 Å². The van der Waals surface area contributed by atoms with E-state index in [1.54, 1.807) is 24.1 Å². The zero-order valence-corrected chi connectivity index (χ0v) is 15.3. The largest absolute Gasteiger partial charge is 0.326 e. The fourth-order valence-corrected chi connectivity index (χ4v) is 4.45. The summed E-state index contributed by atoms with van der Waals surface area (Å²) >= 11 is 7.62. The highest BCUT2D eigenvalue weighted by Crippen LogP contribution is 2.47. The molecule has 0 saturated heterocycles. The van der Waals surface area contributed by atoms with Crippen LogP contribution in [0.1, 0.15) is 40.0 Å². The van der Waals surface area contributed by atoms with Crippen molar-refractivity contribution in [3.63, 3.8) is 0 Å². The van der Waals surface area contributed by atoms with Gasteiger partial charge in [-0.1, -0.05) is 50.4 Å². The number of carbonyl (C=O) groups excluding carboxylic acids is 1. The second-order valence-corrected chi connectivity index (χ2v) is 8.37. The first-order valence-corrected chi connectivity index (χ1v) is 9.20. The first-order chi connectivity index (χ1) is 10.2. The van der Waals surface area contributed by atoms with Gasteiger partial charge in [-0.3, -0.25) is 9.52 Å². The van der Waals surface area contributed by atoms with Crippen LogP contribution in [0.2, 0.25) is 5.02 Å². The van der Waals surface area contributed by atoms with E-state index in [4.69, 9.17) is 11.6 Å². The summed E-state index contributed by atoms with van der Waals surface area (Å²) in [7, 11) is 0. The van der Waals surface area contributed by atoms with Gasteiger partial charge in [0.25, 0.3) is 0 Å². The van der Waals surface area contributed by atoms with E-state index in [0.717, 1.165) is 24.9 Å². The van der Waals surface area contributed by atoms with Crippen molar-refractivity contribution in [3.05, 3.63) is 29.3 Å². The Morgan fingerprint density at radius 2 is 2.05 bits per heavy atom. The number of halogens is 1. The number of benzene rings is 1. The van der Waals surface area contributed by atoms with Crippen molar-refractivity contribution in [1.82, 2.24) is 4.72 Å². The molecule has 1 fully saturated rings. The normalized spacial score (nSPS) is 27.4. The second-order valence-electron chi connectivity index (χ2n) is 7.29. The molecule has 2 atom stereocenters. The molecule has 1 amide bonds. The molecule has 0 spiro atoms. The minimum absolute atomic E-state index is 0.0791. The third-order valence-electron chi connectivity index (χ3n) is 4.28. The molecule has 2 N–H and O–H groups in total. The topological polar surface area (TPSA) is 41.1 Å². The summed E-state index contributed by atoms with van der Waals surface area (Å²) < 4.78 is 3.44. The fraction of sp³-hybridized carbons (Fsp3) is 0.588. The van der Waals surface area contributed by atoms with Crippen molar-refractivity contribution in [2.24, 2.45) is 10.8 Å². The molecule has 1 saturated carbocycles. The lowest BCUT2D eigenvalue weighted by Gasteiger charge is -2.45. The Kier molecular flexibility index (Phi) is 5.46. The van der Waals surface area contributed by atoms with Gasteiger partial charge in [0.2, 0.25) is 5.91 Å². The number of hydrogen-bond acceptors (Lipinski definition) is 3. The Labute approximate surface area is 142 Å². The Hall–Kier alpha value is -0.710. The zero-order chi connectivity index (χ0) is 16.4. The summed E-state index contributed by atoms with van der Waals surface area (Å²) in [5, 5.41) is 3.67. The number of hydrogen-bond donors (Lipinski definition) is 2. The van der Waals surface area contributed by atoms with Gasteiger partial charge in [-0.05, 0) is 49.1 Å². The Morgan fingerprint density at radius 1 is 1.32 bits per heavy atom. The average molecular weight is 341 g/mol. The van der Waals surface area contributed by atoms with Crippen molar-refractivity contribution in [3.8, 4) is 0 Å². The maximum absolute atomic E-state index is 12.8. The molecule has 3 nitrogen and oxygen atoms in total. The maximum atomic E-state index is 12.8. The molecule has 1 aliphatic rings. The van der Waals surface area contributed by atoms with E-state index in [0.29, 0.717) is 11.1 Å². The van der Waals surface area contributed by atoms with Crippen molar-refractivity contribution in [2.45, 2.75) is 46.1 Å². The minimum Gasteiger partial charge on any atom is -0.326 e. The molecule has 5 heteroatoms. The van der Waals surface area contributed by atoms with E-state index in [-0.39, 0.29) is 16.7 Å². The van der Waals surface area contributed by atoms with E-state index in [2.05, 4.69) is 30.8 Å². The highest BCUT2D eigenvalue weighted by Gasteiger charge is 2.45. The SMILES string of the molecule is CSNC1CC(C)(C)CC(C)(C(=O)Nc2cccc(Cl)c2)C1. The molecular weight excluding hydrogens is 316 g/mol. The molecule has 0 heterocycles. The fourth-order valence-electron chi connectivity index (χ4n) is 3.75. The van der Waals surface area contributed by atoms with Crippen LogP contribution in [-0.4, -0.2) is 18.2 Å². The van der Waals surface area contributed by atoms with Gasteiger partial charge in [0, 0.05) is 22.2 Å². The maximum Gasteiger partial charge on any atom is 0.230 e. The van der Waals surface area contributed by atoms with E-state index < -0.39 is 0 Å². The summed E-state index contributed by atoms with van der Waals surface area (Å²) in [6, 6.07) is 7.67. The van der Waals surface area contributed by atoms with Crippen LogP contribution in [0.15, 0.2) is 24.3 Å². The van der Waals surface area contributed by atoms with Crippen molar-refractivity contribution in [2.75, 3.05) is 11.6 Å². The highest BCUT2D eigenvalue weighted by molar-refractivity contribution is 7.96. The Bertz CT molecular complexity index is 549. The standard InChI is InChI=1S/C17H25ClN2OS/c1-16(2)9-14(20-22-4)10-17(3,11-16)15(21)19-13-7-5-6-12(18)8-13/h5-8,14,20H,9-11H2,1-4H3,(H,19,21). The quantitative estimate of drug-likeness (QED) is 0.778. The molecule has 1 aromatic carbocycles. The van der Waals surface area contributed by atoms with Crippen LogP contribution in [0.4, 0.5) is 5.69 Å². The van der Waals surface area contributed by atoms with Gasteiger partial charge >= 0.3 is 0 Å². The van der Waals surface area contributed by atoms with Crippen molar-refractivity contribution in [1.29, 1.82) is 0 Å². The van der Waals surface area contributed by atoms with E-state index in [1.165, 1.54) is 0 Å².